The van der Waals surface area contributed by atoms with Crippen LogP contribution in [0, 0.1) is 5.92 Å². The maximum absolute atomic E-state index is 13.0. The maximum atomic E-state index is 13.0. The average molecular weight is 489 g/mol. The monoisotopic (exact) mass is 489 g/mol. The second-order valence-electron chi connectivity index (χ2n) is 8.26. The summed E-state index contributed by atoms with van der Waals surface area (Å²) in [6.07, 6.45) is -5.17. The van der Waals surface area contributed by atoms with Gasteiger partial charge >= 0.3 is 12.4 Å². The van der Waals surface area contributed by atoms with Gasteiger partial charge in [0.05, 0.1) is 23.9 Å². The summed E-state index contributed by atoms with van der Waals surface area (Å²) in [5.41, 5.74) is -2.90. The Bertz CT molecular complexity index is 953. The number of nitrogens with one attached hydrogen (secondary N) is 2. The molecule has 1 aliphatic rings. The number of hydrogen-bond acceptors (Lipinski definition) is 4. The highest BCUT2D eigenvalue weighted by molar-refractivity contribution is 5.94. The van der Waals surface area contributed by atoms with Crippen LogP contribution in [0.25, 0.3) is 0 Å². The molecule has 0 radical (unpaired) electrons. The summed E-state index contributed by atoms with van der Waals surface area (Å²) in [6, 6.07) is 4.73. The van der Waals surface area contributed by atoms with Crippen LogP contribution in [-0.2, 0) is 18.9 Å². The SMILES string of the molecule is COc1cccnc1CN[C@H]1CC[C@H](CNC(=O)c2cc(C(F)(F)F)cc(C(F)(F)F)c2)CC1. The van der Waals surface area contributed by atoms with Crippen LogP contribution in [0.4, 0.5) is 26.3 Å². The lowest BCUT2D eigenvalue weighted by atomic mass is 9.86. The molecular formula is C23H25F6N3O2. The molecule has 11 heteroatoms. The number of amides is 1. The van der Waals surface area contributed by atoms with E-state index in [0.717, 1.165) is 31.4 Å². The fourth-order valence-electron chi connectivity index (χ4n) is 3.98. The molecule has 186 valence electrons. The molecule has 1 heterocycles. The van der Waals surface area contributed by atoms with E-state index in [1.807, 2.05) is 6.07 Å². The second kappa shape index (κ2) is 10.6. The summed E-state index contributed by atoms with van der Waals surface area (Å²) in [5.74, 6) is -0.187. The molecule has 2 aromatic rings. The van der Waals surface area contributed by atoms with Crippen LogP contribution in [0.1, 0.15) is 52.9 Å². The number of benzene rings is 1. The molecule has 0 bridgehead atoms. The quantitative estimate of drug-likeness (QED) is 0.525. The molecule has 3 rings (SSSR count). The van der Waals surface area contributed by atoms with Gasteiger partial charge in [0.15, 0.2) is 0 Å². The lowest BCUT2D eigenvalue weighted by molar-refractivity contribution is -0.143. The van der Waals surface area contributed by atoms with Gasteiger partial charge < -0.3 is 15.4 Å². The van der Waals surface area contributed by atoms with Gasteiger partial charge in [0.2, 0.25) is 0 Å². The number of rotatable bonds is 7. The number of carbonyl (C=O) groups is 1. The topological polar surface area (TPSA) is 63.2 Å². The van der Waals surface area contributed by atoms with Crippen molar-refractivity contribution in [3.63, 3.8) is 0 Å². The molecule has 1 amide bonds. The van der Waals surface area contributed by atoms with E-state index in [1.165, 1.54) is 0 Å². The van der Waals surface area contributed by atoms with Gasteiger partial charge in [0.25, 0.3) is 5.91 Å². The van der Waals surface area contributed by atoms with Crippen molar-refractivity contribution in [3.05, 3.63) is 58.9 Å². The molecular weight excluding hydrogens is 464 g/mol. The third kappa shape index (κ3) is 6.85. The Hall–Kier alpha value is -2.82. The standard InChI is InChI=1S/C23H25F6N3O2/c1-34-20-3-2-8-30-19(20)13-31-18-6-4-14(5-7-18)12-32-21(33)15-9-16(22(24,25)26)11-17(10-15)23(27,28)29/h2-3,8-11,14,18,31H,4-7,12-13H2,1H3,(H,32,33)/t14-,18-. The van der Waals surface area contributed by atoms with E-state index in [4.69, 9.17) is 4.74 Å². The molecule has 2 N–H and O–H groups in total. The first kappa shape index (κ1) is 25.8. The lowest BCUT2D eigenvalue weighted by Gasteiger charge is -2.29. The van der Waals surface area contributed by atoms with Gasteiger partial charge in [-0.1, -0.05) is 0 Å². The van der Waals surface area contributed by atoms with Crippen LogP contribution in [0.5, 0.6) is 5.75 Å². The van der Waals surface area contributed by atoms with Crippen molar-refractivity contribution >= 4 is 5.91 Å². The number of alkyl halides is 6. The Kier molecular flexibility index (Phi) is 8.06. The first-order valence-electron chi connectivity index (χ1n) is 10.8. The van der Waals surface area contributed by atoms with E-state index in [0.29, 0.717) is 24.4 Å². The molecule has 0 atom stereocenters. The molecule has 1 aromatic heterocycles. The highest BCUT2D eigenvalue weighted by atomic mass is 19.4. The van der Waals surface area contributed by atoms with Crippen LogP contribution >= 0.6 is 0 Å². The summed E-state index contributed by atoms with van der Waals surface area (Å²) >= 11 is 0. The van der Waals surface area contributed by atoms with Gasteiger partial charge in [-0.25, -0.2) is 0 Å². The van der Waals surface area contributed by atoms with Crippen molar-refractivity contribution < 1.29 is 35.9 Å². The van der Waals surface area contributed by atoms with E-state index < -0.39 is 35.0 Å². The van der Waals surface area contributed by atoms with Crippen molar-refractivity contribution in [2.24, 2.45) is 5.92 Å². The van der Waals surface area contributed by atoms with Crippen molar-refractivity contribution in [2.45, 2.75) is 50.6 Å². The number of aromatic nitrogens is 1. The minimum atomic E-state index is -5.00. The first-order chi connectivity index (χ1) is 16.0. The number of pyridine rings is 1. The fourth-order valence-corrected chi connectivity index (χ4v) is 3.98. The molecule has 0 saturated heterocycles. The number of nitrogens with zero attached hydrogens (tertiary/aromatic N) is 1. The summed E-state index contributed by atoms with van der Waals surface area (Å²) in [6.45, 7) is 0.713. The highest BCUT2D eigenvalue weighted by Gasteiger charge is 2.37. The van der Waals surface area contributed by atoms with Crippen molar-refractivity contribution in [2.75, 3.05) is 13.7 Å². The zero-order chi connectivity index (χ0) is 24.9. The summed E-state index contributed by atoms with van der Waals surface area (Å²) in [5, 5.41) is 5.91. The minimum absolute atomic E-state index is 0.00556. The lowest BCUT2D eigenvalue weighted by Crippen LogP contribution is -2.37. The molecule has 1 fully saturated rings. The van der Waals surface area contributed by atoms with Crippen LogP contribution in [0.2, 0.25) is 0 Å². The molecule has 0 spiro atoms. The van der Waals surface area contributed by atoms with E-state index in [2.05, 4.69) is 15.6 Å². The van der Waals surface area contributed by atoms with Gasteiger partial charge in [-0.2, -0.15) is 26.3 Å². The number of carbonyl (C=O) groups excluding carboxylic acids is 1. The van der Waals surface area contributed by atoms with Crippen LogP contribution in [0.15, 0.2) is 36.5 Å². The summed E-state index contributed by atoms with van der Waals surface area (Å²) in [4.78, 5) is 16.6. The van der Waals surface area contributed by atoms with Crippen LogP contribution in [0.3, 0.4) is 0 Å². The van der Waals surface area contributed by atoms with E-state index in [1.54, 1.807) is 19.4 Å². The van der Waals surface area contributed by atoms with Gasteiger partial charge in [0.1, 0.15) is 5.75 Å². The normalized spacial score (nSPS) is 19.0. The second-order valence-corrected chi connectivity index (χ2v) is 8.26. The Labute approximate surface area is 192 Å². The predicted octanol–water partition coefficient (Wildman–Crippen LogP) is 5.21. The Morgan fingerprint density at radius 2 is 1.65 bits per heavy atom. The summed E-state index contributed by atoms with van der Waals surface area (Å²) < 4.78 is 83.3. The Balaban J connectivity index is 1.52. The molecule has 34 heavy (non-hydrogen) atoms. The zero-order valence-electron chi connectivity index (χ0n) is 18.4. The summed E-state index contributed by atoms with van der Waals surface area (Å²) in [7, 11) is 1.57. The third-order valence-corrected chi connectivity index (χ3v) is 5.87. The molecule has 5 nitrogen and oxygen atoms in total. The van der Waals surface area contributed by atoms with Crippen molar-refractivity contribution in [3.8, 4) is 5.75 Å². The van der Waals surface area contributed by atoms with Gasteiger partial charge in [-0.3, -0.25) is 9.78 Å². The van der Waals surface area contributed by atoms with Crippen molar-refractivity contribution in [1.82, 2.24) is 15.6 Å². The zero-order valence-corrected chi connectivity index (χ0v) is 18.4. The van der Waals surface area contributed by atoms with Gasteiger partial charge in [-0.05, 0) is 61.9 Å². The molecule has 1 aromatic carbocycles. The largest absolute Gasteiger partial charge is 0.495 e. The van der Waals surface area contributed by atoms with E-state index in [-0.39, 0.29) is 24.6 Å². The molecule has 1 saturated carbocycles. The third-order valence-electron chi connectivity index (χ3n) is 5.87. The molecule has 0 unspecified atom stereocenters. The first-order valence-corrected chi connectivity index (χ1v) is 10.8. The number of methoxy groups -OCH3 is 1. The number of ether oxygens (including phenoxy) is 1. The Morgan fingerprint density at radius 3 is 2.21 bits per heavy atom. The fraction of sp³-hybridized carbons (Fsp3) is 0.478. The van der Waals surface area contributed by atoms with Crippen LogP contribution in [-0.4, -0.2) is 30.6 Å². The number of halogens is 6. The maximum Gasteiger partial charge on any atom is 0.416 e. The minimum Gasteiger partial charge on any atom is -0.495 e. The average Bonchev–Trinajstić information content (AvgIpc) is 2.80. The van der Waals surface area contributed by atoms with Gasteiger partial charge in [-0.15, -0.1) is 0 Å². The number of hydrogen-bond donors (Lipinski definition) is 2. The highest BCUT2D eigenvalue weighted by Crippen LogP contribution is 2.36. The predicted molar refractivity (Wildman–Crippen MR) is 112 cm³/mol. The van der Waals surface area contributed by atoms with Gasteiger partial charge in [0, 0.05) is 30.9 Å². The van der Waals surface area contributed by atoms with E-state index >= 15 is 0 Å². The van der Waals surface area contributed by atoms with E-state index in [9.17, 15) is 31.1 Å². The van der Waals surface area contributed by atoms with Crippen LogP contribution < -0.4 is 15.4 Å². The smallest absolute Gasteiger partial charge is 0.416 e. The van der Waals surface area contributed by atoms with Crippen molar-refractivity contribution in [1.29, 1.82) is 0 Å². The molecule has 0 aliphatic heterocycles. The molecule has 1 aliphatic carbocycles. The Morgan fingerprint density at radius 1 is 1.03 bits per heavy atom.